The molecule has 0 aliphatic carbocycles. The SMILES string of the molecule is Cc1cccc(/C=C/C(=O)N2CCOCC2CC(=O)O)c1. The van der Waals surface area contributed by atoms with E-state index in [4.69, 9.17) is 9.84 Å². The second-order valence-corrected chi connectivity index (χ2v) is 5.11. The Bertz CT molecular complexity index is 553. The maximum Gasteiger partial charge on any atom is 0.305 e. The lowest BCUT2D eigenvalue weighted by molar-refractivity contribution is -0.143. The number of hydrogen-bond donors (Lipinski definition) is 1. The average Bonchev–Trinajstić information content (AvgIpc) is 2.45. The summed E-state index contributed by atoms with van der Waals surface area (Å²) < 4.78 is 5.26. The first-order valence-electron chi connectivity index (χ1n) is 6.91. The van der Waals surface area contributed by atoms with Crippen LogP contribution in [0.3, 0.4) is 0 Å². The number of carbonyl (C=O) groups excluding carboxylic acids is 1. The minimum atomic E-state index is -0.925. The van der Waals surface area contributed by atoms with Gasteiger partial charge in [-0.25, -0.2) is 0 Å². The van der Waals surface area contributed by atoms with E-state index in [1.54, 1.807) is 11.0 Å². The topological polar surface area (TPSA) is 66.8 Å². The molecule has 5 heteroatoms. The van der Waals surface area contributed by atoms with Crippen molar-refractivity contribution < 1.29 is 19.4 Å². The Labute approximate surface area is 123 Å². The van der Waals surface area contributed by atoms with Crippen LogP contribution in [0.1, 0.15) is 17.5 Å². The van der Waals surface area contributed by atoms with Gasteiger partial charge in [-0.15, -0.1) is 0 Å². The molecule has 0 spiro atoms. The monoisotopic (exact) mass is 289 g/mol. The normalized spacial score (nSPS) is 18.9. The molecule has 1 unspecified atom stereocenters. The summed E-state index contributed by atoms with van der Waals surface area (Å²) in [5.41, 5.74) is 2.08. The standard InChI is InChI=1S/C16H19NO4/c1-12-3-2-4-13(9-12)5-6-15(18)17-7-8-21-11-14(17)10-16(19)20/h2-6,9,14H,7-8,10-11H2,1H3,(H,19,20)/b6-5+. The number of nitrogens with zero attached hydrogens (tertiary/aromatic N) is 1. The number of carboxylic acids is 1. The first-order valence-corrected chi connectivity index (χ1v) is 6.91. The van der Waals surface area contributed by atoms with E-state index in [-0.39, 0.29) is 18.9 Å². The lowest BCUT2D eigenvalue weighted by Gasteiger charge is -2.34. The third-order valence-electron chi connectivity index (χ3n) is 3.38. The highest BCUT2D eigenvalue weighted by Gasteiger charge is 2.27. The lowest BCUT2D eigenvalue weighted by atomic mass is 10.1. The molecular formula is C16H19NO4. The van der Waals surface area contributed by atoms with Crippen molar-refractivity contribution in [2.24, 2.45) is 0 Å². The number of amides is 1. The molecule has 1 atom stereocenters. The molecule has 1 N–H and O–H groups in total. The zero-order chi connectivity index (χ0) is 15.2. The summed E-state index contributed by atoms with van der Waals surface area (Å²) in [5, 5.41) is 8.89. The molecule has 5 nitrogen and oxygen atoms in total. The minimum absolute atomic E-state index is 0.0932. The quantitative estimate of drug-likeness (QED) is 0.857. The van der Waals surface area contributed by atoms with Crippen LogP contribution in [0.5, 0.6) is 0 Å². The van der Waals surface area contributed by atoms with E-state index in [1.165, 1.54) is 6.08 Å². The predicted molar refractivity (Wildman–Crippen MR) is 78.8 cm³/mol. The zero-order valence-electron chi connectivity index (χ0n) is 12.0. The summed E-state index contributed by atoms with van der Waals surface area (Å²) in [6.45, 7) is 3.13. The van der Waals surface area contributed by atoms with Crippen molar-refractivity contribution in [3.63, 3.8) is 0 Å². The van der Waals surface area contributed by atoms with E-state index in [2.05, 4.69) is 0 Å². The van der Waals surface area contributed by atoms with Gasteiger partial charge in [0.1, 0.15) is 0 Å². The summed E-state index contributed by atoms with van der Waals surface area (Å²) in [6.07, 6.45) is 3.15. The minimum Gasteiger partial charge on any atom is -0.481 e. The van der Waals surface area contributed by atoms with Gasteiger partial charge in [-0.2, -0.15) is 0 Å². The first-order chi connectivity index (χ1) is 10.1. The van der Waals surface area contributed by atoms with Crippen molar-refractivity contribution >= 4 is 18.0 Å². The van der Waals surface area contributed by atoms with Gasteiger partial charge in [0.25, 0.3) is 0 Å². The van der Waals surface area contributed by atoms with Gasteiger partial charge in [-0.3, -0.25) is 9.59 Å². The third-order valence-corrected chi connectivity index (χ3v) is 3.38. The fraction of sp³-hybridized carbons (Fsp3) is 0.375. The Hall–Kier alpha value is -2.14. The maximum absolute atomic E-state index is 12.2. The Morgan fingerprint density at radius 2 is 2.29 bits per heavy atom. The van der Waals surface area contributed by atoms with E-state index in [1.807, 2.05) is 31.2 Å². The number of carboxylic acid groups (broad SMARTS) is 1. The van der Waals surface area contributed by atoms with Crippen LogP contribution in [0.4, 0.5) is 0 Å². The van der Waals surface area contributed by atoms with Crippen molar-refractivity contribution in [2.45, 2.75) is 19.4 Å². The number of hydrogen-bond acceptors (Lipinski definition) is 3. The van der Waals surface area contributed by atoms with Gasteiger partial charge >= 0.3 is 5.97 Å². The molecule has 1 aliphatic rings. The van der Waals surface area contributed by atoms with Crippen molar-refractivity contribution in [1.29, 1.82) is 0 Å². The van der Waals surface area contributed by atoms with Crippen molar-refractivity contribution in [3.8, 4) is 0 Å². The van der Waals surface area contributed by atoms with Crippen LogP contribution in [-0.2, 0) is 14.3 Å². The second-order valence-electron chi connectivity index (χ2n) is 5.11. The molecule has 1 amide bonds. The third kappa shape index (κ3) is 4.43. The van der Waals surface area contributed by atoms with Gasteiger partial charge in [0.15, 0.2) is 0 Å². The van der Waals surface area contributed by atoms with E-state index < -0.39 is 12.0 Å². The van der Waals surface area contributed by atoms with Gasteiger partial charge in [-0.1, -0.05) is 29.8 Å². The molecule has 0 aromatic heterocycles. The summed E-state index contributed by atoms with van der Waals surface area (Å²) in [5.74, 6) is -1.10. The van der Waals surface area contributed by atoms with E-state index in [0.29, 0.717) is 13.2 Å². The van der Waals surface area contributed by atoms with Crippen LogP contribution in [0.15, 0.2) is 30.3 Å². The highest BCUT2D eigenvalue weighted by molar-refractivity contribution is 5.92. The number of benzene rings is 1. The molecule has 1 heterocycles. The van der Waals surface area contributed by atoms with Gasteiger partial charge in [-0.05, 0) is 18.6 Å². The highest BCUT2D eigenvalue weighted by atomic mass is 16.5. The molecule has 1 aromatic carbocycles. The number of ether oxygens (including phenoxy) is 1. The largest absolute Gasteiger partial charge is 0.481 e. The smallest absolute Gasteiger partial charge is 0.305 e. The van der Waals surface area contributed by atoms with Crippen LogP contribution >= 0.6 is 0 Å². The van der Waals surface area contributed by atoms with Crippen LogP contribution in [0.25, 0.3) is 6.08 Å². The molecular weight excluding hydrogens is 270 g/mol. The summed E-state index contributed by atoms with van der Waals surface area (Å²) in [6, 6.07) is 7.43. The average molecular weight is 289 g/mol. The molecule has 1 aliphatic heterocycles. The van der Waals surface area contributed by atoms with Gasteiger partial charge in [0, 0.05) is 12.6 Å². The molecule has 0 bridgehead atoms. The fourth-order valence-corrected chi connectivity index (χ4v) is 2.35. The molecule has 1 fully saturated rings. The molecule has 2 rings (SSSR count). The van der Waals surface area contributed by atoms with Crippen molar-refractivity contribution in [2.75, 3.05) is 19.8 Å². The maximum atomic E-state index is 12.2. The summed E-state index contributed by atoms with van der Waals surface area (Å²) in [4.78, 5) is 24.7. The fourth-order valence-electron chi connectivity index (χ4n) is 2.35. The molecule has 21 heavy (non-hydrogen) atoms. The Balaban J connectivity index is 2.05. The van der Waals surface area contributed by atoms with Crippen LogP contribution in [0.2, 0.25) is 0 Å². The first kappa shape index (κ1) is 15.3. The second kappa shape index (κ2) is 7.04. The molecule has 1 aromatic rings. The predicted octanol–water partition coefficient (Wildman–Crippen LogP) is 1.71. The number of carbonyl (C=O) groups is 2. The van der Waals surface area contributed by atoms with Crippen molar-refractivity contribution in [3.05, 3.63) is 41.5 Å². The Morgan fingerprint density at radius 1 is 1.48 bits per heavy atom. The molecule has 1 saturated heterocycles. The zero-order valence-corrected chi connectivity index (χ0v) is 12.0. The lowest BCUT2D eigenvalue weighted by Crippen LogP contribution is -2.49. The van der Waals surface area contributed by atoms with Gasteiger partial charge < -0.3 is 14.7 Å². The Kier molecular flexibility index (Phi) is 5.11. The molecule has 0 radical (unpaired) electrons. The highest BCUT2D eigenvalue weighted by Crippen LogP contribution is 2.13. The number of rotatable bonds is 4. The van der Waals surface area contributed by atoms with E-state index in [9.17, 15) is 9.59 Å². The van der Waals surface area contributed by atoms with Crippen LogP contribution in [-0.4, -0.2) is 47.7 Å². The number of aryl methyl sites for hydroxylation is 1. The van der Waals surface area contributed by atoms with Gasteiger partial charge in [0.2, 0.25) is 5.91 Å². The molecule has 0 saturated carbocycles. The number of aliphatic carboxylic acids is 1. The number of morpholine rings is 1. The molecule has 112 valence electrons. The van der Waals surface area contributed by atoms with E-state index in [0.717, 1.165) is 11.1 Å². The summed E-state index contributed by atoms with van der Waals surface area (Å²) in [7, 11) is 0. The van der Waals surface area contributed by atoms with Crippen molar-refractivity contribution in [1.82, 2.24) is 4.90 Å². The van der Waals surface area contributed by atoms with E-state index >= 15 is 0 Å². The summed E-state index contributed by atoms with van der Waals surface area (Å²) >= 11 is 0. The Morgan fingerprint density at radius 3 is 3.00 bits per heavy atom. The van der Waals surface area contributed by atoms with Crippen LogP contribution < -0.4 is 0 Å². The van der Waals surface area contributed by atoms with Gasteiger partial charge in [0.05, 0.1) is 25.7 Å². The van der Waals surface area contributed by atoms with Crippen LogP contribution in [0, 0.1) is 6.92 Å².